The minimum Gasteiger partial charge on any atom is -0.461 e. The Bertz CT molecular complexity index is 723. The number of carbonyl (C=O) groups excluding carboxylic acids is 3. The van der Waals surface area contributed by atoms with Crippen LogP contribution in [-0.4, -0.2) is 52.8 Å². The smallest absolute Gasteiger partial charge is 0.328 e. The van der Waals surface area contributed by atoms with Crippen molar-refractivity contribution in [2.75, 3.05) is 12.0 Å². The van der Waals surface area contributed by atoms with E-state index >= 15 is 0 Å². The van der Waals surface area contributed by atoms with Crippen molar-refractivity contribution < 1.29 is 28.1 Å². The molecule has 0 bridgehead atoms. The lowest BCUT2D eigenvalue weighted by Gasteiger charge is -2.37. The highest BCUT2D eigenvalue weighted by Gasteiger charge is 2.43. The summed E-state index contributed by atoms with van der Waals surface area (Å²) in [6, 6.07) is -0.849. The van der Waals surface area contributed by atoms with Crippen molar-refractivity contribution >= 4 is 29.1 Å². The monoisotopic (exact) mass is 525 g/mol. The average Bonchev–Trinajstić information content (AvgIpc) is 2.84. The first-order valence-electron chi connectivity index (χ1n) is 13.6. The van der Waals surface area contributed by atoms with E-state index in [-0.39, 0.29) is 30.2 Å². The highest BCUT2D eigenvalue weighted by atomic mass is 32.2. The van der Waals surface area contributed by atoms with E-state index < -0.39 is 28.9 Å². The van der Waals surface area contributed by atoms with Crippen LogP contribution < -0.4 is 5.32 Å². The van der Waals surface area contributed by atoms with Gasteiger partial charge in [-0.2, -0.15) is 0 Å². The van der Waals surface area contributed by atoms with Gasteiger partial charge >= 0.3 is 11.9 Å². The zero-order valence-electron chi connectivity index (χ0n) is 22.5. The molecule has 0 aromatic heterocycles. The van der Waals surface area contributed by atoms with Crippen molar-refractivity contribution in [3.05, 3.63) is 24.3 Å². The SMILES string of the molecule is CCCCCC=CCC=CCC(C[C@@H]1OC(=O)[C@H]1CCCCCC)OC(=O)C(CCS(C)=O)NC=O. The second kappa shape index (κ2) is 20.1. The number of rotatable bonds is 22. The van der Waals surface area contributed by atoms with E-state index in [0.717, 1.165) is 44.9 Å². The van der Waals surface area contributed by atoms with Gasteiger partial charge in [-0.05, 0) is 32.1 Å². The maximum atomic E-state index is 12.8. The number of unbranched alkanes of at least 4 members (excludes halogenated alkanes) is 6. The van der Waals surface area contributed by atoms with Crippen LogP contribution in [0.5, 0.6) is 0 Å². The lowest BCUT2D eigenvalue weighted by molar-refractivity contribution is -0.190. The number of carbonyl (C=O) groups is 3. The summed E-state index contributed by atoms with van der Waals surface area (Å²) in [6.45, 7) is 4.34. The Morgan fingerprint density at radius 3 is 2.47 bits per heavy atom. The van der Waals surface area contributed by atoms with Gasteiger partial charge < -0.3 is 14.8 Å². The van der Waals surface area contributed by atoms with Crippen LogP contribution >= 0.6 is 0 Å². The van der Waals surface area contributed by atoms with Crippen molar-refractivity contribution in [1.82, 2.24) is 5.32 Å². The van der Waals surface area contributed by atoms with Crippen molar-refractivity contribution in [2.24, 2.45) is 5.92 Å². The molecule has 1 heterocycles. The molecular weight excluding hydrogens is 478 g/mol. The molecule has 206 valence electrons. The van der Waals surface area contributed by atoms with Gasteiger partial charge in [-0.15, -0.1) is 0 Å². The summed E-state index contributed by atoms with van der Waals surface area (Å²) in [5.41, 5.74) is 0. The van der Waals surface area contributed by atoms with E-state index in [0.29, 0.717) is 19.3 Å². The Morgan fingerprint density at radius 2 is 1.81 bits per heavy atom. The van der Waals surface area contributed by atoms with Crippen LogP contribution in [0.3, 0.4) is 0 Å². The highest BCUT2D eigenvalue weighted by molar-refractivity contribution is 7.84. The topological polar surface area (TPSA) is 98.8 Å². The van der Waals surface area contributed by atoms with Crippen LogP contribution in [0, 0.1) is 5.92 Å². The van der Waals surface area contributed by atoms with E-state index in [1.54, 1.807) is 6.26 Å². The number of hydrogen-bond acceptors (Lipinski definition) is 6. The molecule has 3 unspecified atom stereocenters. The summed E-state index contributed by atoms with van der Waals surface area (Å²) >= 11 is 0. The fourth-order valence-corrected chi connectivity index (χ4v) is 4.76. The first-order valence-corrected chi connectivity index (χ1v) is 15.4. The number of esters is 2. The van der Waals surface area contributed by atoms with Crippen molar-refractivity contribution in [1.29, 1.82) is 0 Å². The third-order valence-corrected chi connectivity index (χ3v) is 7.20. The van der Waals surface area contributed by atoms with Crippen LogP contribution in [0.2, 0.25) is 0 Å². The van der Waals surface area contributed by atoms with Gasteiger partial charge in [-0.1, -0.05) is 76.7 Å². The fourth-order valence-electron chi connectivity index (χ4n) is 4.19. The molecule has 8 heteroatoms. The Balaban J connectivity index is 2.72. The molecule has 1 aliphatic heterocycles. The third kappa shape index (κ3) is 14.0. The lowest BCUT2D eigenvalue weighted by atomic mass is 9.87. The largest absolute Gasteiger partial charge is 0.461 e. The number of ether oxygens (including phenoxy) is 2. The molecule has 1 aliphatic rings. The van der Waals surface area contributed by atoms with Crippen LogP contribution in [0.15, 0.2) is 24.3 Å². The minimum absolute atomic E-state index is 0.149. The van der Waals surface area contributed by atoms with Gasteiger partial charge in [0.1, 0.15) is 18.2 Å². The molecule has 0 radical (unpaired) electrons. The summed E-state index contributed by atoms with van der Waals surface area (Å²) in [6.07, 6.45) is 21.6. The molecular formula is C28H47NO6S. The zero-order chi connectivity index (χ0) is 26.6. The van der Waals surface area contributed by atoms with Gasteiger partial charge in [0.15, 0.2) is 0 Å². The molecule has 0 aromatic carbocycles. The number of hydrogen-bond donors (Lipinski definition) is 1. The second-order valence-corrected chi connectivity index (χ2v) is 11.1. The first kappa shape index (κ1) is 32.1. The van der Waals surface area contributed by atoms with Crippen LogP contribution in [0.4, 0.5) is 0 Å². The zero-order valence-corrected chi connectivity index (χ0v) is 23.3. The Hall–Kier alpha value is -1.96. The van der Waals surface area contributed by atoms with E-state index in [4.69, 9.17) is 9.47 Å². The summed E-state index contributed by atoms with van der Waals surface area (Å²) in [7, 11) is -1.08. The molecule has 1 amide bonds. The molecule has 0 aromatic rings. The maximum absolute atomic E-state index is 12.8. The standard InChI is InChI=1S/C28H47NO6S/c1-4-6-8-10-11-12-13-14-15-17-23(34-28(32)25(29-22-30)19-20-36(3)33)21-26-24(27(31)35-26)18-16-9-7-5-2/h11-12,14-15,22-26H,4-10,13,16-21H2,1-3H3,(H,29,30)/t23?,24-,25?,26-,36?/m0/s1. The molecule has 7 nitrogen and oxygen atoms in total. The second-order valence-electron chi connectivity index (χ2n) is 9.54. The van der Waals surface area contributed by atoms with Crippen molar-refractivity contribution in [3.63, 3.8) is 0 Å². The van der Waals surface area contributed by atoms with Crippen LogP contribution in [0.1, 0.15) is 97.3 Å². The van der Waals surface area contributed by atoms with Gasteiger partial charge in [0.25, 0.3) is 0 Å². The summed E-state index contributed by atoms with van der Waals surface area (Å²) in [5.74, 6) is -0.580. The van der Waals surface area contributed by atoms with E-state index in [1.807, 2.05) is 12.2 Å². The van der Waals surface area contributed by atoms with E-state index in [9.17, 15) is 18.6 Å². The molecule has 36 heavy (non-hydrogen) atoms. The molecule has 1 saturated heterocycles. The average molecular weight is 526 g/mol. The Morgan fingerprint density at radius 1 is 1.08 bits per heavy atom. The van der Waals surface area contributed by atoms with Crippen LogP contribution in [0.25, 0.3) is 0 Å². The van der Waals surface area contributed by atoms with Crippen LogP contribution in [-0.2, 0) is 34.7 Å². The molecule has 0 saturated carbocycles. The van der Waals surface area contributed by atoms with Gasteiger partial charge in [-0.25, -0.2) is 4.79 Å². The van der Waals surface area contributed by atoms with Gasteiger partial charge in [0.05, 0.1) is 5.92 Å². The van der Waals surface area contributed by atoms with Gasteiger partial charge in [0, 0.05) is 35.6 Å². The number of cyclic esters (lactones) is 1. The summed E-state index contributed by atoms with van der Waals surface area (Å²) in [4.78, 5) is 35.9. The Kier molecular flexibility index (Phi) is 17.9. The highest BCUT2D eigenvalue weighted by Crippen LogP contribution is 2.32. The summed E-state index contributed by atoms with van der Waals surface area (Å²) in [5, 5.41) is 2.48. The van der Waals surface area contributed by atoms with Crippen molar-refractivity contribution in [2.45, 2.75) is 116 Å². The molecule has 1 fully saturated rings. The molecule has 0 spiro atoms. The van der Waals surface area contributed by atoms with Gasteiger partial charge in [-0.3, -0.25) is 13.8 Å². The normalized spacial score (nSPS) is 20.0. The minimum atomic E-state index is -1.08. The van der Waals surface area contributed by atoms with E-state index in [1.165, 1.54) is 19.3 Å². The fraction of sp³-hybridized carbons (Fsp3) is 0.750. The number of nitrogens with one attached hydrogen (secondary N) is 1. The molecule has 1 rings (SSSR count). The summed E-state index contributed by atoms with van der Waals surface area (Å²) < 4.78 is 22.7. The molecule has 0 aliphatic carbocycles. The third-order valence-electron chi connectivity index (χ3n) is 6.39. The molecule has 5 atom stereocenters. The molecule has 1 N–H and O–H groups in total. The Labute approximate surface area is 220 Å². The number of amides is 1. The van der Waals surface area contributed by atoms with E-state index in [2.05, 4.69) is 31.3 Å². The predicted octanol–water partition coefficient (Wildman–Crippen LogP) is 5.16. The van der Waals surface area contributed by atoms with Crippen molar-refractivity contribution in [3.8, 4) is 0 Å². The first-order chi connectivity index (χ1) is 17.4. The lowest BCUT2D eigenvalue weighted by Crippen LogP contribution is -2.48. The van der Waals surface area contributed by atoms with Gasteiger partial charge in [0.2, 0.25) is 6.41 Å². The quantitative estimate of drug-likeness (QED) is 0.0908. The maximum Gasteiger partial charge on any atom is 0.328 e. The number of allylic oxidation sites excluding steroid dienone is 3. The predicted molar refractivity (Wildman–Crippen MR) is 145 cm³/mol.